The van der Waals surface area contributed by atoms with Gasteiger partial charge in [-0.25, -0.2) is 0 Å². The second kappa shape index (κ2) is 9.07. The minimum Gasteiger partial charge on any atom is -0.355 e. The molecule has 0 rings (SSSR count). The van der Waals surface area contributed by atoms with Crippen molar-refractivity contribution in [2.75, 3.05) is 6.54 Å². The molecule has 1 amide bonds. The summed E-state index contributed by atoms with van der Waals surface area (Å²) in [4.78, 5) is 11.8. The molecule has 0 spiro atoms. The summed E-state index contributed by atoms with van der Waals surface area (Å²) in [6, 6.07) is 0.0475. The maximum atomic E-state index is 11.8. The molecule has 2 N–H and O–H groups in total. The third kappa shape index (κ3) is 7.82. The molecule has 0 saturated heterocycles. The van der Waals surface area contributed by atoms with Crippen LogP contribution >= 0.6 is 0 Å². The van der Waals surface area contributed by atoms with Crippen molar-refractivity contribution in [2.24, 2.45) is 5.92 Å². The van der Waals surface area contributed by atoms with Crippen molar-refractivity contribution in [1.82, 2.24) is 10.6 Å². The molecular formula is C14H26N2O. The van der Waals surface area contributed by atoms with E-state index in [9.17, 15) is 4.79 Å². The molecule has 0 aliphatic rings. The topological polar surface area (TPSA) is 41.1 Å². The first-order chi connectivity index (χ1) is 8.01. The van der Waals surface area contributed by atoms with Gasteiger partial charge in [0.2, 0.25) is 5.91 Å². The smallest absolute Gasteiger partial charge is 0.236 e. The van der Waals surface area contributed by atoms with Gasteiger partial charge in [0.15, 0.2) is 0 Å². The summed E-state index contributed by atoms with van der Waals surface area (Å²) >= 11 is 0. The molecule has 0 heterocycles. The van der Waals surface area contributed by atoms with Crippen LogP contribution in [0.2, 0.25) is 0 Å². The van der Waals surface area contributed by atoms with Crippen molar-refractivity contribution in [2.45, 2.75) is 59.0 Å². The zero-order valence-corrected chi connectivity index (χ0v) is 11.5. The average molecular weight is 238 g/mol. The first-order valence-corrected chi connectivity index (χ1v) is 6.48. The fraction of sp³-hybridized carbons (Fsp3) is 0.786. The molecule has 98 valence electrons. The maximum Gasteiger partial charge on any atom is 0.236 e. The Morgan fingerprint density at radius 1 is 1.35 bits per heavy atom. The Labute approximate surface area is 106 Å². The van der Waals surface area contributed by atoms with Gasteiger partial charge in [0, 0.05) is 19.0 Å². The van der Waals surface area contributed by atoms with Gasteiger partial charge >= 0.3 is 0 Å². The zero-order chi connectivity index (χ0) is 13.3. The van der Waals surface area contributed by atoms with Crippen LogP contribution in [0.25, 0.3) is 0 Å². The fourth-order valence-corrected chi connectivity index (χ4v) is 1.53. The molecule has 0 aliphatic heterocycles. The van der Waals surface area contributed by atoms with Crippen LogP contribution in [-0.2, 0) is 4.79 Å². The Balaban J connectivity index is 3.91. The van der Waals surface area contributed by atoms with Crippen LogP contribution in [-0.4, -0.2) is 24.5 Å². The summed E-state index contributed by atoms with van der Waals surface area (Å²) in [6.07, 6.45) is 7.90. The van der Waals surface area contributed by atoms with Crippen LogP contribution in [0.3, 0.4) is 0 Å². The molecule has 0 aliphatic carbocycles. The Morgan fingerprint density at radius 3 is 2.47 bits per heavy atom. The summed E-state index contributed by atoms with van der Waals surface area (Å²) in [5, 5.41) is 6.18. The molecule has 2 atom stereocenters. The molecule has 0 saturated carbocycles. The Morgan fingerprint density at radius 2 is 2.00 bits per heavy atom. The summed E-state index contributed by atoms with van der Waals surface area (Å²) < 4.78 is 0. The SMILES string of the molecule is C#CCC(CC)NC(C)C(=O)NCCC(C)C. The van der Waals surface area contributed by atoms with Crippen molar-refractivity contribution >= 4 is 5.91 Å². The summed E-state index contributed by atoms with van der Waals surface area (Å²) in [5.41, 5.74) is 0. The highest BCUT2D eigenvalue weighted by atomic mass is 16.2. The lowest BCUT2D eigenvalue weighted by Gasteiger charge is -2.20. The minimum absolute atomic E-state index is 0.0566. The number of rotatable bonds is 8. The normalized spacial score (nSPS) is 14.1. The number of hydrogen-bond donors (Lipinski definition) is 2. The maximum absolute atomic E-state index is 11.8. The first kappa shape index (κ1) is 16.0. The molecule has 0 aromatic heterocycles. The van der Waals surface area contributed by atoms with E-state index >= 15 is 0 Å². The van der Waals surface area contributed by atoms with E-state index in [1.54, 1.807) is 0 Å². The van der Waals surface area contributed by atoms with Crippen LogP contribution in [0, 0.1) is 18.3 Å². The second-order valence-electron chi connectivity index (χ2n) is 4.88. The van der Waals surface area contributed by atoms with Gasteiger partial charge in [0.1, 0.15) is 0 Å². The van der Waals surface area contributed by atoms with E-state index < -0.39 is 0 Å². The third-order valence-corrected chi connectivity index (χ3v) is 2.76. The Hall–Kier alpha value is -1.01. The largest absolute Gasteiger partial charge is 0.355 e. The van der Waals surface area contributed by atoms with Crippen molar-refractivity contribution in [1.29, 1.82) is 0 Å². The lowest BCUT2D eigenvalue weighted by molar-refractivity contribution is -0.122. The van der Waals surface area contributed by atoms with E-state index in [1.807, 2.05) is 6.92 Å². The molecule has 0 aromatic rings. The van der Waals surface area contributed by atoms with Crippen molar-refractivity contribution in [3.05, 3.63) is 0 Å². The third-order valence-electron chi connectivity index (χ3n) is 2.76. The van der Waals surface area contributed by atoms with E-state index in [0.29, 0.717) is 12.3 Å². The lowest BCUT2D eigenvalue weighted by atomic mass is 10.1. The van der Waals surface area contributed by atoms with Crippen molar-refractivity contribution in [3.8, 4) is 12.3 Å². The van der Waals surface area contributed by atoms with E-state index in [-0.39, 0.29) is 18.0 Å². The van der Waals surface area contributed by atoms with Crippen molar-refractivity contribution < 1.29 is 4.79 Å². The van der Waals surface area contributed by atoms with Gasteiger partial charge in [-0.05, 0) is 25.7 Å². The Bertz CT molecular complexity index is 255. The van der Waals surface area contributed by atoms with Crippen LogP contribution in [0.4, 0.5) is 0 Å². The molecule has 17 heavy (non-hydrogen) atoms. The summed E-state index contributed by atoms with van der Waals surface area (Å²) in [7, 11) is 0. The molecule has 0 aromatic carbocycles. The van der Waals surface area contributed by atoms with Gasteiger partial charge in [-0.1, -0.05) is 20.8 Å². The zero-order valence-electron chi connectivity index (χ0n) is 11.5. The van der Waals surface area contributed by atoms with Crippen LogP contribution in [0.15, 0.2) is 0 Å². The summed E-state index contributed by atoms with van der Waals surface area (Å²) in [5.74, 6) is 3.30. The van der Waals surface area contributed by atoms with Gasteiger partial charge < -0.3 is 10.6 Å². The van der Waals surface area contributed by atoms with Gasteiger partial charge in [-0.2, -0.15) is 0 Å². The molecule has 0 fully saturated rings. The molecule has 3 heteroatoms. The predicted molar refractivity (Wildman–Crippen MR) is 72.6 cm³/mol. The summed E-state index contributed by atoms with van der Waals surface area (Å²) in [6.45, 7) is 8.98. The highest BCUT2D eigenvalue weighted by Crippen LogP contribution is 1.99. The fourth-order valence-electron chi connectivity index (χ4n) is 1.53. The minimum atomic E-state index is -0.180. The lowest BCUT2D eigenvalue weighted by Crippen LogP contribution is -2.46. The number of amides is 1. The number of hydrogen-bond acceptors (Lipinski definition) is 2. The van der Waals surface area contributed by atoms with Gasteiger partial charge in [-0.15, -0.1) is 12.3 Å². The number of carbonyl (C=O) groups excluding carboxylic acids is 1. The van der Waals surface area contributed by atoms with E-state index in [4.69, 9.17) is 6.42 Å². The molecule has 0 bridgehead atoms. The van der Waals surface area contributed by atoms with Crippen LogP contribution in [0.1, 0.15) is 47.0 Å². The van der Waals surface area contributed by atoms with Crippen molar-refractivity contribution in [3.63, 3.8) is 0 Å². The van der Waals surface area contributed by atoms with Gasteiger partial charge in [0.25, 0.3) is 0 Å². The van der Waals surface area contributed by atoms with Crippen LogP contribution in [0.5, 0.6) is 0 Å². The molecular weight excluding hydrogens is 212 g/mol. The van der Waals surface area contributed by atoms with Gasteiger partial charge in [-0.3, -0.25) is 4.79 Å². The number of carbonyl (C=O) groups is 1. The van der Waals surface area contributed by atoms with E-state index in [2.05, 4.69) is 37.3 Å². The second-order valence-corrected chi connectivity index (χ2v) is 4.88. The highest BCUT2D eigenvalue weighted by molar-refractivity contribution is 5.81. The first-order valence-electron chi connectivity index (χ1n) is 6.48. The molecule has 3 nitrogen and oxygen atoms in total. The average Bonchev–Trinajstić information content (AvgIpc) is 2.27. The van der Waals surface area contributed by atoms with Gasteiger partial charge in [0.05, 0.1) is 6.04 Å². The molecule has 0 radical (unpaired) electrons. The number of terminal acetylenes is 1. The predicted octanol–water partition coefficient (Wildman–Crippen LogP) is 1.93. The monoisotopic (exact) mass is 238 g/mol. The number of nitrogens with one attached hydrogen (secondary N) is 2. The van der Waals surface area contributed by atoms with Crippen LogP contribution < -0.4 is 10.6 Å². The van der Waals surface area contributed by atoms with E-state index in [0.717, 1.165) is 19.4 Å². The highest BCUT2D eigenvalue weighted by Gasteiger charge is 2.15. The Kier molecular flexibility index (Phi) is 8.53. The molecule has 2 unspecified atom stereocenters. The van der Waals surface area contributed by atoms with E-state index in [1.165, 1.54) is 0 Å². The standard InChI is InChI=1S/C14H26N2O/c1-6-8-13(7-2)16-12(5)14(17)15-10-9-11(3)4/h1,11-13,16H,7-10H2,2-5H3,(H,15,17). The quantitative estimate of drug-likeness (QED) is 0.634.